The van der Waals surface area contributed by atoms with Gasteiger partial charge >= 0.3 is 5.97 Å². The molecular weight excluding hydrogens is 486 g/mol. The van der Waals surface area contributed by atoms with Crippen molar-refractivity contribution in [2.24, 2.45) is 23.2 Å². The van der Waals surface area contributed by atoms with Crippen LogP contribution in [0.4, 0.5) is 0 Å². The Morgan fingerprint density at radius 2 is 1.87 bits per heavy atom. The number of hydrogen-bond donors (Lipinski definition) is 3. The number of nitrogens with one attached hydrogen (secondary N) is 1. The lowest BCUT2D eigenvalue weighted by Crippen LogP contribution is -2.60. The van der Waals surface area contributed by atoms with Gasteiger partial charge in [0.15, 0.2) is 5.78 Å². The fourth-order valence-corrected chi connectivity index (χ4v) is 7.27. The molecule has 204 valence electrons. The molecule has 1 amide bonds. The Balaban J connectivity index is 1.72. The van der Waals surface area contributed by atoms with Crippen LogP contribution < -0.4 is 5.32 Å². The number of allylic oxidation sites excluding steroid dienone is 1. The van der Waals surface area contributed by atoms with E-state index in [2.05, 4.69) is 5.32 Å². The van der Waals surface area contributed by atoms with Crippen LogP contribution in [0.15, 0.2) is 53.6 Å². The van der Waals surface area contributed by atoms with Crippen molar-refractivity contribution in [1.29, 1.82) is 0 Å². The molecule has 3 N–H and O–H groups in total. The molecule has 2 aliphatic carbocycles. The maximum absolute atomic E-state index is 14.3. The van der Waals surface area contributed by atoms with Gasteiger partial charge in [-0.15, -0.1) is 0 Å². The summed E-state index contributed by atoms with van der Waals surface area (Å²) in [5, 5.41) is 26.1. The van der Waals surface area contributed by atoms with E-state index in [0.717, 1.165) is 16.7 Å². The SMILES string of the molecule is CC(=O)O[C@@H]1[C@H]2O[C@@H]2[C@@](C)(O)C(=O)[C@@H](C)C/C=C/[C@H]2[C@H](O)C(C)=C(C)[C@H]3[C@H](Cc4ccccc4)NC(=O)[C@@]123. The number of epoxide rings is 1. The zero-order valence-corrected chi connectivity index (χ0v) is 22.5. The summed E-state index contributed by atoms with van der Waals surface area (Å²) in [5.41, 5.74) is -0.550. The first-order chi connectivity index (χ1) is 17.9. The van der Waals surface area contributed by atoms with Crippen LogP contribution in [0, 0.1) is 23.2 Å². The smallest absolute Gasteiger partial charge is 0.303 e. The average molecular weight is 524 g/mol. The summed E-state index contributed by atoms with van der Waals surface area (Å²) >= 11 is 0. The Hall–Kier alpha value is -2.81. The fourth-order valence-electron chi connectivity index (χ4n) is 7.27. The number of esters is 1. The Morgan fingerprint density at radius 1 is 1.18 bits per heavy atom. The summed E-state index contributed by atoms with van der Waals surface area (Å²) in [5.74, 6) is -2.99. The molecule has 10 atom stereocenters. The van der Waals surface area contributed by atoms with E-state index in [1.165, 1.54) is 13.8 Å². The minimum Gasteiger partial charge on any atom is -0.458 e. The fraction of sp³-hybridized carbons (Fsp3) is 0.567. The van der Waals surface area contributed by atoms with Crippen molar-refractivity contribution in [1.82, 2.24) is 5.32 Å². The number of fused-ring (bicyclic) bond motifs is 1. The number of aliphatic hydroxyl groups excluding tert-OH is 1. The van der Waals surface area contributed by atoms with Crippen molar-refractivity contribution in [3.8, 4) is 0 Å². The van der Waals surface area contributed by atoms with Crippen LogP contribution in [-0.4, -0.2) is 63.9 Å². The molecule has 1 aromatic rings. The van der Waals surface area contributed by atoms with E-state index >= 15 is 0 Å². The molecular formula is C30H37NO7. The standard InChI is InChI=1S/C30H37NO7/c1-15-10-9-13-20-23(33)17(3)16(2)22-21(14-19-11-7-6-8-12-19)31-28(35)30(20,22)27(37-18(4)32)24-26(38-24)29(5,36)25(15)34/h6-9,11-13,15,20-24,26-27,33,36H,10,14H2,1-5H3,(H,31,35)/b13-9+/t15-,20-,21-,22-,23+,24-,26-,27+,29-,30-/m0/s1. The third-order valence-corrected chi connectivity index (χ3v) is 9.27. The molecule has 0 bridgehead atoms. The third kappa shape index (κ3) is 3.96. The molecule has 2 saturated heterocycles. The first kappa shape index (κ1) is 26.8. The van der Waals surface area contributed by atoms with Gasteiger partial charge < -0.3 is 25.0 Å². The van der Waals surface area contributed by atoms with Crippen LogP contribution in [0.25, 0.3) is 0 Å². The maximum atomic E-state index is 14.3. The van der Waals surface area contributed by atoms with Crippen molar-refractivity contribution in [3.63, 3.8) is 0 Å². The lowest BCUT2D eigenvalue weighted by Gasteiger charge is -2.50. The van der Waals surface area contributed by atoms with Crippen molar-refractivity contribution in [3.05, 3.63) is 59.2 Å². The molecule has 1 aromatic carbocycles. The van der Waals surface area contributed by atoms with Crippen molar-refractivity contribution < 1.29 is 34.1 Å². The molecule has 0 aromatic heterocycles. The molecule has 2 aliphatic heterocycles. The van der Waals surface area contributed by atoms with Crippen LogP contribution in [0.2, 0.25) is 0 Å². The topological polar surface area (TPSA) is 125 Å². The van der Waals surface area contributed by atoms with Gasteiger partial charge in [-0.3, -0.25) is 14.4 Å². The number of carbonyl (C=O) groups is 3. The van der Waals surface area contributed by atoms with Gasteiger partial charge in [0.25, 0.3) is 0 Å². The number of ketones is 1. The number of Topliss-reactive ketones (excluding diaryl/α,β-unsaturated/α-hetero) is 1. The average Bonchev–Trinajstić information content (AvgIpc) is 3.62. The number of carbonyl (C=O) groups excluding carboxylic acids is 3. The molecule has 5 rings (SSSR count). The van der Waals surface area contributed by atoms with Crippen LogP contribution >= 0.6 is 0 Å². The molecule has 38 heavy (non-hydrogen) atoms. The van der Waals surface area contributed by atoms with Crippen LogP contribution in [0.3, 0.4) is 0 Å². The van der Waals surface area contributed by atoms with E-state index in [0.29, 0.717) is 12.8 Å². The zero-order valence-electron chi connectivity index (χ0n) is 22.5. The Kier molecular flexibility index (Phi) is 6.65. The molecule has 1 spiro atoms. The van der Waals surface area contributed by atoms with Gasteiger partial charge in [-0.25, -0.2) is 0 Å². The first-order valence-electron chi connectivity index (χ1n) is 13.4. The van der Waals surface area contributed by atoms with Crippen molar-refractivity contribution in [2.75, 3.05) is 0 Å². The van der Waals surface area contributed by atoms with E-state index in [9.17, 15) is 24.6 Å². The normalized spacial score (nSPS) is 43.2. The quantitative estimate of drug-likeness (QED) is 0.315. The molecule has 8 heteroatoms. The second-order valence-electron chi connectivity index (χ2n) is 11.6. The molecule has 0 unspecified atom stereocenters. The van der Waals surface area contributed by atoms with Crippen LogP contribution in [0.5, 0.6) is 0 Å². The molecule has 2 heterocycles. The molecule has 4 aliphatic rings. The molecule has 8 nitrogen and oxygen atoms in total. The second kappa shape index (κ2) is 9.43. The summed E-state index contributed by atoms with van der Waals surface area (Å²) in [6, 6.07) is 9.51. The highest BCUT2D eigenvalue weighted by Gasteiger charge is 2.73. The Labute approximate surface area is 223 Å². The monoisotopic (exact) mass is 523 g/mol. The molecule has 2 fully saturated rings. The number of rotatable bonds is 3. The van der Waals surface area contributed by atoms with Gasteiger partial charge in [-0.1, -0.05) is 55.0 Å². The van der Waals surface area contributed by atoms with Gasteiger partial charge in [0.2, 0.25) is 5.91 Å². The van der Waals surface area contributed by atoms with E-state index in [4.69, 9.17) is 9.47 Å². The number of hydrogen-bond acceptors (Lipinski definition) is 7. The van der Waals surface area contributed by atoms with Crippen molar-refractivity contribution in [2.45, 2.75) is 83.5 Å². The van der Waals surface area contributed by atoms with E-state index < -0.39 is 59.2 Å². The van der Waals surface area contributed by atoms with E-state index in [-0.39, 0.29) is 17.7 Å². The van der Waals surface area contributed by atoms with Gasteiger partial charge in [0, 0.05) is 30.7 Å². The Morgan fingerprint density at radius 3 is 2.53 bits per heavy atom. The number of aliphatic hydroxyl groups is 2. The van der Waals surface area contributed by atoms with Gasteiger partial charge in [0.05, 0.1) is 6.10 Å². The van der Waals surface area contributed by atoms with Gasteiger partial charge in [-0.05, 0) is 44.7 Å². The summed E-state index contributed by atoms with van der Waals surface area (Å²) in [6.45, 7) is 8.23. The number of amides is 1. The molecule has 0 saturated carbocycles. The predicted octanol–water partition coefficient (Wildman–Crippen LogP) is 2.27. The first-order valence-corrected chi connectivity index (χ1v) is 13.4. The second-order valence-corrected chi connectivity index (χ2v) is 11.6. The molecule has 0 radical (unpaired) electrons. The number of ether oxygens (including phenoxy) is 2. The highest BCUT2D eigenvalue weighted by Crippen LogP contribution is 2.60. The zero-order chi connectivity index (χ0) is 27.6. The largest absolute Gasteiger partial charge is 0.458 e. The lowest BCUT2D eigenvalue weighted by atomic mass is 9.53. The van der Waals surface area contributed by atoms with E-state index in [1.807, 2.05) is 44.2 Å². The van der Waals surface area contributed by atoms with Crippen LogP contribution in [-0.2, 0) is 30.3 Å². The summed E-state index contributed by atoms with van der Waals surface area (Å²) in [6.07, 6.45) is 0.510. The summed E-state index contributed by atoms with van der Waals surface area (Å²) < 4.78 is 11.9. The minimum absolute atomic E-state index is 0.325. The predicted molar refractivity (Wildman–Crippen MR) is 139 cm³/mol. The maximum Gasteiger partial charge on any atom is 0.303 e. The van der Waals surface area contributed by atoms with Crippen molar-refractivity contribution >= 4 is 17.7 Å². The van der Waals surface area contributed by atoms with Crippen LogP contribution in [0.1, 0.15) is 46.6 Å². The van der Waals surface area contributed by atoms with Gasteiger partial charge in [-0.2, -0.15) is 0 Å². The summed E-state index contributed by atoms with van der Waals surface area (Å²) in [4.78, 5) is 40.0. The van der Waals surface area contributed by atoms with Gasteiger partial charge in [0.1, 0.15) is 29.3 Å². The highest BCUT2D eigenvalue weighted by atomic mass is 16.6. The number of benzene rings is 1. The summed E-state index contributed by atoms with van der Waals surface area (Å²) in [7, 11) is 0. The van der Waals surface area contributed by atoms with E-state index in [1.54, 1.807) is 19.1 Å². The Bertz CT molecular complexity index is 1200. The minimum atomic E-state index is -1.82. The highest BCUT2D eigenvalue weighted by molar-refractivity contribution is 5.91. The third-order valence-electron chi connectivity index (χ3n) is 9.27. The lowest BCUT2D eigenvalue weighted by molar-refractivity contribution is -0.169.